The topological polar surface area (TPSA) is 12.0 Å². The highest BCUT2D eigenvalue weighted by Crippen LogP contribution is 2.32. The summed E-state index contributed by atoms with van der Waals surface area (Å²) in [7, 11) is 0. The van der Waals surface area contributed by atoms with Crippen LogP contribution in [0.1, 0.15) is 84.4 Å². The maximum Gasteiger partial charge on any atom is 0.0323 e. The molecule has 0 spiro atoms. The second-order valence-electron chi connectivity index (χ2n) is 7.67. The van der Waals surface area contributed by atoms with Crippen molar-refractivity contribution in [1.82, 2.24) is 5.32 Å². The van der Waals surface area contributed by atoms with Crippen LogP contribution in [0.3, 0.4) is 0 Å². The van der Waals surface area contributed by atoms with Crippen molar-refractivity contribution in [3.8, 4) is 0 Å². The lowest BCUT2D eigenvalue weighted by molar-refractivity contribution is 0.439. The van der Waals surface area contributed by atoms with E-state index in [2.05, 4.69) is 71.1 Å². The maximum atomic E-state index is 3.77. The van der Waals surface area contributed by atoms with Gasteiger partial charge in [0, 0.05) is 6.04 Å². The molecule has 0 saturated heterocycles. The Morgan fingerprint density at radius 1 is 1.05 bits per heavy atom. The number of benzene rings is 1. The third-order valence-electron chi connectivity index (χ3n) is 4.06. The fraction of sp³-hybridized carbons (Fsp3) is 0.700. The van der Waals surface area contributed by atoms with E-state index in [4.69, 9.17) is 0 Å². The fourth-order valence-electron chi connectivity index (χ4n) is 2.90. The molecule has 0 bridgehead atoms. The van der Waals surface area contributed by atoms with Crippen LogP contribution >= 0.6 is 0 Å². The molecule has 1 N–H and O–H groups in total. The van der Waals surface area contributed by atoms with Gasteiger partial charge in [0.2, 0.25) is 0 Å². The molecule has 1 rings (SSSR count). The third kappa shape index (κ3) is 6.22. The summed E-state index contributed by atoms with van der Waals surface area (Å²) >= 11 is 0. The van der Waals surface area contributed by atoms with Gasteiger partial charge >= 0.3 is 0 Å². The van der Waals surface area contributed by atoms with Crippen LogP contribution in [0.15, 0.2) is 24.3 Å². The molecule has 21 heavy (non-hydrogen) atoms. The minimum Gasteiger partial charge on any atom is -0.310 e. The van der Waals surface area contributed by atoms with Gasteiger partial charge in [-0.25, -0.2) is 0 Å². The lowest BCUT2D eigenvalue weighted by Crippen LogP contribution is -2.26. The zero-order chi connectivity index (χ0) is 15.9. The molecule has 0 aromatic heterocycles. The van der Waals surface area contributed by atoms with Gasteiger partial charge in [0.05, 0.1) is 0 Å². The van der Waals surface area contributed by atoms with E-state index < -0.39 is 0 Å². The van der Waals surface area contributed by atoms with Crippen molar-refractivity contribution in [2.24, 2.45) is 5.92 Å². The predicted octanol–water partition coefficient (Wildman–Crippen LogP) is 5.85. The Hall–Kier alpha value is -0.820. The van der Waals surface area contributed by atoms with Crippen LogP contribution in [0, 0.1) is 5.92 Å². The lowest BCUT2D eigenvalue weighted by Gasteiger charge is -2.28. The van der Waals surface area contributed by atoms with Gasteiger partial charge in [0.1, 0.15) is 0 Å². The van der Waals surface area contributed by atoms with Gasteiger partial charge in [-0.3, -0.25) is 0 Å². The first kappa shape index (κ1) is 18.2. The quantitative estimate of drug-likeness (QED) is 0.633. The molecular weight excluding hydrogens is 254 g/mol. The maximum absolute atomic E-state index is 3.77. The van der Waals surface area contributed by atoms with Crippen LogP contribution < -0.4 is 5.32 Å². The highest BCUT2D eigenvalue weighted by molar-refractivity contribution is 5.35. The first-order valence-electron chi connectivity index (χ1n) is 8.69. The normalized spacial score (nSPS) is 13.7. The molecule has 0 aliphatic carbocycles. The van der Waals surface area contributed by atoms with E-state index in [1.54, 1.807) is 0 Å². The molecule has 1 aromatic rings. The molecule has 0 saturated carbocycles. The van der Waals surface area contributed by atoms with Gasteiger partial charge in [-0.05, 0) is 41.8 Å². The van der Waals surface area contributed by atoms with Crippen LogP contribution in [0.25, 0.3) is 0 Å². The Labute approximate surface area is 132 Å². The van der Waals surface area contributed by atoms with Gasteiger partial charge in [-0.2, -0.15) is 0 Å². The molecule has 1 unspecified atom stereocenters. The second kappa shape index (κ2) is 8.58. The van der Waals surface area contributed by atoms with Crippen LogP contribution in [0.5, 0.6) is 0 Å². The van der Waals surface area contributed by atoms with Crippen molar-refractivity contribution in [1.29, 1.82) is 0 Å². The molecule has 0 amide bonds. The first-order valence-corrected chi connectivity index (χ1v) is 8.69. The van der Waals surface area contributed by atoms with E-state index in [-0.39, 0.29) is 5.41 Å². The van der Waals surface area contributed by atoms with E-state index in [0.717, 1.165) is 12.5 Å². The number of hydrogen-bond donors (Lipinski definition) is 1. The van der Waals surface area contributed by atoms with Crippen molar-refractivity contribution >= 4 is 0 Å². The van der Waals surface area contributed by atoms with E-state index in [0.29, 0.717) is 6.04 Å². The molecule has 0 radical (unpaired) electrons. The van der Waals surface area contributed by atoms with Gasteiger partial charge in [-0.1, -0.05) is 78.6 Å². The summed E-state index contributed by atoms with van der Waals surface area (Å²) in [5, 5.41) is 3.77. The summed E-state index contributed by atoms with van der Waals surface area (Å²) < 4.78 is 0. The van der Waals surface area contributed by atoms with Crippen molar-refractivity contribution in [2.75, 3.05) is 6.54 Å². The minimum absolute atomic E-state index is 0.209. The predicted molar refractivity (Wildman–Crippen MR) is 94.9 cm³/mol. The number of nitrogens with one attached hydrogen (secondary N) is 1. The van der Waals surface area contributed by atoms with Crippen LogP contribution in [0.2, 0.25) is 0 Å². The van der Waals surface area contributed by atoms with Crippen LogP contribution in [-0.2, 0) is 5.41 Å². The molecule has 0 aliphatic heterocycles. The van der Waals surface area contributed by atoms with Gasteiger partial charge in [-0.15, -0.1) is 0 Å². The van der Waals surface area contributed by atoms with Crippen LogP contribution in [-0.4, -0.2) is 6.54 Å². The zero-order valence-corrected chi connectivity index (χ0v) is 15.0. The highest BCUT2D eigenvalue weighted by atomic mass is 14.9. The standard InChI is InChI=1S/C20H35N/c1-7-15-21-19(14-10-11-16(2)3)17-12-8-9-13-18(17)20(4,5)6/h8-9,12-13,16,19,21H,7,10-11,14-15H2,1-6H3. The first-order chi connectivity index (χ1) is 9.86. The smallest absolute Gasteiger partial charge is 0.0323 e. The van der Waals surface area contributed by atoms with Crippen molar-refractivity contribution in [3.05, 3.63) is 35.4 Å². The summed E-state index contributed by atoms with van der Waals surface area (Å²) in [5.41, 5.74) is 3.20. The second-order valence-corrected chi connectivity index (χ2v) is 7.67. The Kier molecular flexibility index (Phi) is 7.45. The summed E-state index contributed by atoms with van der Waals surface area (Å²) in [6.07, 6.45) is 5.06. The Morgan fingerprint density at radius 3 is 2.29 bits per heavy atom. The average molecular weight is 290 g/mol. The molecule has 120 valence electrons. The zero-order valence-electron chi connectivity index (χ0n) is 15.0. The van der Waals surface area contributed by atoms with E-state index in [1.807, 2.05) is 0 Å². The summed E-state index contributed by atoms with van der Waals surface area (Å²) in [4.78, 5) is 0. The third-order valence-corrected chi connectivity index (χ3v) is 4.06. The summed E-state index contributed by atoms with van der Waals surface area (Å²) in [6.45, 7) is 14.9. The van der Waals surface area contributed by atoms with Crippen molar-refractivity contribution in [3.63, 3.8) is 0 Å². The molecule has 0 aliphatic rings. The Balaban J connectivity index is 2.91. The molecular formula is C20H35N. The molecule has 1 atom stereocenters. The molecule has 1 heteroatoms. The van der Waals surface area contributed by atoms with E-state index in [1.165, 1.54) is 36.8 Å². The molecule has 0 heterocycles. The largest absolute Gasteiger partial charge is 0.310 e. The Morgan fingerprint density at radius 2 is 1.71 bits per heavy atom. The molecule has 1 nitrogen and oxygen atoms in total. The lowest BCUT2D eigenvalue weighted by atomic mass is 9.81. The summed E-state index contributed by atoms with van der Waals surface area (Å²) in [5.74, 6) is 0.801. The van der Waals surface area contributed by atoms with Gasteiger partial charge < -0.3 is 5.32 Å². The highest BCUT2D eigenvalue weighted by Gasteiger charge is 2.22. The SMILES string of the molecule is CCCNC(CCCC(C)C)c1ccccc1C(C)(C)C. The number of rotatable bonds is 8. The number of hydrogen-bond acceptors (Lipinski definition) is 1. The molecule has 1 aromatic carbocycles. The van der Waals surface area contributed by atoms with Gasteiger partial charge in [0.25, 0.3) is 0 Å². The minimum atomic E-state index is 0.209. The van der Waals surface area contributed by atoms with Crippen molar-refractivity contribution < 1.29 is 0 Å². The molecule has 0 fully saturated rings. The fourth-order valence-corrected chi connectivity index (χ4v) is 2.90. The van der Waals surface area contributed by atoms with E-state index in [9.17, 15) is 0 Å². The van der Waals surface area contributed by atoms with Crippen molar-refractivity contribution in [2.45, 2.75) is 78.7 Å². The monoisotopic (exact) mass is 289 g/mol. The average Bonchev–Trinajstić information content (AvgIpc) is 2.41. The summed E-state index contributed by atoms with van der Waals surface area (Å²) in [6, 6.07) is 9.49. The van der Waals surface area contributed by atoms with Crippen LogP contribution in [0.4, 0.5) is 0 Å². The Bertz CT molecular complexity index is 401. The van der Waals surface area contributed by atoms with E-state index >= 15 is 0 Å². The van der Waals surface area contributed by atoms with Gasteiger partial charge in [0.15, 0.2) is 0 Å².